The van der Waals surface area contributed by atoms with Crippen LogP contribution in [-0.4, -0.2) is 45.4 Å². The summed E-state index contributed by atoms with van der Waals surface area (Å²) in [4.78, 5) is 26.3. The Morgan fingerprint density at radius 3 is 2.03 bits per heavy atom. The number of halogens is 1. The standard InChI is InChI=1S/C15H21ClN2O3S.C9H16N4O/c1-10(2)11-7-8-17-15(19)14(9-11)18-22(20,21)13-5-3-12(16)4-6-13;1-6(2)7-3-4-11-9(14)8(5-7)12-13-10/h3-6,10-11,14,18H,7-9H2,1-2H3,(H,17,19);6-8H,3-5H2,1-2H3,(H,11,14). The maximum atomic E-state index is 12.4. The minimum Gasteiger partial charge on any atom is -0.356 e. The molecule has 0 aliphatic carbocycles. The molecule has 2 amide bonds. The highest BCUT2D eigenvalue weighted by molar-refractivity contribution is 7.89. The number of nitrogens with zero attached hydrogens (tertiary/aromatic N) is 3. The average Bonchev–Trinajstić information content (AvgIpc) is 3.11. The van der Waals surface area contributed by atoms with Crippen molar-refractivity contribution in [1.29, 1.82) is 0 Å². The molecule has 3 N–H and O–H groups in total. The van der Waals surface area contributed by atoms with Gasteiger partial charge in [0.1, 0.15) is 12.1 Å². The zero-order chi connectivity index (χ0) is 26.9. The van der Waals surface area contributed by atoms with Gasteiger partial charge in [0.15, 0.2) is 0 Å². The van der Waals surface area contributed by atoms with Crippen LogP contribution in [0.3, 0.4) is 0 Å². The summed E-state index contributed by atoms with van der Waals surface area (Å²) in [5, 5.41) is 9.53. The van der Waals surface area contributed by atoms with Crippen LogP contribution in [0.5, 0.6) is 0 Å². The lowest BCUT2D eigenvalue weighted by atomic mass is 9.88. The quantitative estimate of drug-likeness (QED) is 0.283. The second-order valence-electron chi connectivity index (χ2n) is 9.99. The van der Waals surface area contributed by atoms with E-state index in [1.807, 2.05) is 0 Å². The van der Waals surface area contributed by atoms with Gasteiger partial charge < -0.3 is 10.6 Å². The summed E-state index contributed by atoms with van der Waals surface area (Å²) >= 11 is 5.77. The van der Waals surface area contributed by atoms with Gasteiger partial charge in [0.25, 0.3) is 0 Å². The number of azide groups is 1. The Morgan fingerprint density at radius 1 is 0.972 bits per heavy atom. The summed E-state index contributed by atoms with van der Waals surface area (Å²) in [5.41, 5.74) is 8.33. The van der Waals surface area contributed by atoms with Crippen molar-refractivity contribution in [2.45, 2.75) is 70.4 Å². The molecule has 4 atom stereocenters. The Hall–Kier alpha value is -2.33. The van der Waals surface area contributed by atoms with Gasteiger partial charge in [-0.3, -0.25) is 9.59 Å². The molecular weight excluding hydrogens is 504 g/mol. The molecule has 2 fully saturated rings. The van der Waals surface area contributed by atoms with Crippen LogP contribution >= 0.6 is 11.6 Å². The molecule has 3 rings (SSSR count). The second-order valence-corrected chi connectivity index (χ2v) is 12.1. The average molecular weight is 541 g/mol. The first kappa shape index (κ1) is 29.9. The monoisotopic (exact) mass is 540 g/mol. The molecule has 4 unspecified atom stereocenters. The van der Waals surface area contributed by atoms with E-state index in [4.69, 9.17) is 17.1 Å². The molecule has 2 heterocycles. The highest BCUT2D eigenvalue weighted by Crippen LogP contribution is 2.25. The summed E-state index contributed by atoms with van der Waals surface area (Å²) in [7, 11) is -3.74. The van der Waals surface area contributed by atoms with Crippen molar-refractivity contribution >= 4 is 33.4 Å². The predicted molar refractivity (Wildman–Crippen MR) is 140 cm³/mol. The van der Waals surface area contributed by atoms with Gasteiger partial charge in [0, 0.05) is 23.0 Å². The van der Waals surface area contributed by atoms with E-state index in [0.717, 1.165) is 12.8 Å². The third-order valence-electron chi connectivity index (χ3n) is 6.81. The third kappa shape index (κ3) is 8.96. The summed E-state index contributed by atoms with van der Waals surface area (Å²) in [6.07, 6.45) is 3.02. The van der Waals surface area contributed by atoms with Crippen molar-refractivity contribution in [1.82, 2.24) is 15.4 Å². The first-order valence-electron chi connectivity index (χ1n) is 12.3. The van der Waals surface area contributed by atoms with Gasteiger partial charge in [-0.25, -0.2) is 8.42 Å². The number of nitrogens with one attached hydrogen (secondary N) is 3. The normalized spacial score (nSPS) is 25.0. The van der Waals surface area contributed by atoms with Gasteiger partial charge in [0.05, 0.1) is 4.90 Å². The number of amides is 2. The molecule has 0 bridgehead atoms. The van der Waals surface area contributed by atoms with Gasteiger partial charge in [-0.05, 0) is 79.2 Å². The van der Waals surface area contributed by atoms with Crippen LogP contribution in [0.4, 0.5) is 0 Å². The Kier molecular flexibility index (Phi) is 11.5. The van der Waals surface area contributed by atoms with Crippen molar-refractivity contribution in [2.24, 2.45) is 28.8 Å². The smallest absolute Gasteiger partial charge is 0.241 e. The number of sulfonamides is 1. The van der Waals surface area contributed by atoms with Crippen molar-refractivity contribution < 1.29 is 18.0 Å². The molecule has 1 aromatic carbocycles. The first-order chi connectivity index (χ1) is 16.9. The fourth-order valence-electron chi connectivity index (χ4n) is 4.39. The maximum Gasteiger partial charge on any atom is 0.241 e. The highest BCUT2D eigenvalue weighted by Gasteiger charge is 2.31. The predicted octanol–water partition coefficient (Wildman–Crippen LogP) is 4.02. The molecule has 0 aromatic heterocycles. The van der Waals surface area contributed by atoms with E-state index in [2.05, 4.69) is 53.1 Å². The first-order valence-corrected chi connectivity index (χ1v) is 14.2. The zero-order valence-corrected chi connectivity index (χ0v) is 22.8. The number of benzene rings is 1. The van der Waals surface area contributed by atoms with Crippen LogP contribution < -0.4 is 15.4 Å². The lowest BCUT2D eigenvalue weighted by molar-refractivity contribution is -0.123. The van der Waals surface area contributed by atoms with E-state index in [9.17, 15) is 18.0 Å². The van der Waals surface area contributed by atoms with E-state index < -0.39 is 22.1 Å². The summed E-state index contributed by atoms with van der Waals surface area (Å²) in [6.45, 7) is 9.72. The van der Waals surface area contributed by atoms with E-state index in [0.29, 0.717) is 54.6 Å². The minimum absolute atomic E-state index is 0.107. The number of carbonyl (C=O) groups excluding carboxylic acids is 2. The summed E-state index contributed by atoms with van der Waals surface area (Å²) in [6, 6.07) is 4.63. The Balaban J connectivity index is 0.000000281. The largest absolute Gasteiger partial charge is 0.356 e. The van der Waals surface area contributed by atoms with Crippen LogP contribution in [0.2, 0.25) is 5.02 Å². The fourth-order valence-corrected chi connectivity index (χ4v) is 5.72. The lowest BCUT2D eigenvalue weighted by Gasteiger charge is -2.22. The fraction of sp³-hybridized carbons (Fsp3) is 0.667. The van der Waals surface area contributed by atoms with Gasteiger partial charge in [-0.15, -0.1) is 0 Å². The Bertz CT molecular complexity index is 1040. The molecule has 2 saturated heterocycles. The zero-order valence-electron chi connectivity index (χ0n) is 21.3. The molecule has 36 heavy (non-hydrogen) atoms. The topological polar surface area (TPSA) is 153 Å². The van der Waals surface area contributed by atoms with Crippen LogP contribution in [0.15, 0.2) is 34.3 Å². The van der Waals surface area contributed by atoms with E-state index in [1.54, 1.807) is 0 Å². The van der Waals surface area contributed by atoms with Crippen molar-refractivity contribution in [3.8, 4) is 0 Å². The number of hydrogen-bond donors (Lipinski definition) is 3. The molecule has 200 valence electrons. The molecule has 1 aromatic rings. The SMILES string of the molecule is CC(C)C1CCNC(=O)C(N=[N+]=[N-])C1.CC(C)C1CCNC(=O)C(NS(=O)(=O)c2ccc(Cl)cc2)C1. The van der Waals surface area contributed by atoms with Gasteiger partial charge in [-0.1, -0.05) is 44.4 Å². The van der Waals surface area contributed by atoms with Crippen LogP contribution in [0, 0.1) is 23.7 Å². The molecule has 0 spiro atoms. The van der Waals surface area contributed by atoms with Crippen molar-refractivity contribution in [2.75, 3.05) is 13.1 Å². The minimum atomic E-state index is -3.74. The molecule has 10 nitrogen and oxygen atoms in total. The van der Waals surface area contributed by atoms with E-state index in [1.165, 1.54) is 24.3 Å². The third-order valence-corrected chi connectivity index (χ3v) is 8.55. The van der Waals surface area contributed by atoms with E-state index >= 15 is 0 Å². The van der Waals surface area contributed by atoms with Crippen LogP contribution in [-0.2, 0) is 19.6 Å². The molecule has 2 aliphatic rings. The van der Waals surface area contributed by atoms with E-state index in [-0.39, 0.29) is 16.7 Å². The van der Waals surface area contributed by atoms with Crippen molar-refractivity contribution in [3.63, 3.8) is 0 Å². The Labute approximate surface area is 218 Å². The number of hydrogen-bond acceptors (Lipinski definition) is 5. The maximum absolute atomic E-state index is 12.4. The van der Waals surface area contributed by atoms with Crippen molar-refractivity contribution in [3.05, 3.63) is 39.7 Å². The molecular formula is C24H37ClN6O4S. The molecule has 12 heteroatoms. The van der Waals surface area contributed by atoms with Gasteiger partial charge in [0.2, 0.25) is 21.8 Å². The highest BCUT2D eigenvalue weighted by atomic mass is 35.5. The molecule has 0 radical (unpaired) electrons. The van der Waals surface area contributed by atoms with Gasteiger partial charge >= 0.3 is 0 Å². The van der Waals surface area contributed by atoms with Crippen LogP contribution in [0.1, 0.15) is 53.4 Å². The Morgan fingerprint density at radius 2 is 1.50 bits per heavy atom. The number of rotatable bonds is 6. The molecule has 0 saturated carbocycles. The lowest BCUT2D eigenvalue weighted by Crippen LogP contribution is -2.45. The van der Waals surface area contributed by atoms with Gasteiger partial charge in [-0.2, -0.15) is 4.72 Å². The molecule has 2 aliphatic heterocycles. The van der Waals surface area contributed by atoms with Crippen LogP contribution in [0.25, 0.3) is 10.4 Å². The second kappa shape index (κ2) is 13.8. The number of carbonyl (C=O) groups is 2. The summed E-state index contributed by atoms with van der Waals surface area (Å²) < 4.78 is 27.3. The summed E-state index contributed by atoms with van der Waals surface area (Å²) in [5.74, 6) is 1.29.